The summed E-state index contributed by atoms with van der Waals surface area (Å²) < 4.78 is 11.2. The minimum atomic E-state index is -0.126. The van der Waals surface area contributed by atoms with Gasteiger partial charge in [-0.3, -0.25) is 0 Å². The molecule has 0 spiro atoms. The Morgan fingerprint density at radius 2 is 1.77 bits per heavy atom. The normalized spacial score (nSPS) is 15.6. The van der Waals surface area contributed by atoms with Crippen LogP contribution in [0.1, 0.15) is 16.5 Å². The molecular formula is C24H24N2O3S. The van der Waals surface area contributed by atoms with Gasteiger partial charge >= 0.3 is 6.03 Å². The monoisotopic (exact) mass is 420 g/mol. The number of carbonyl (C=O) groups excluding carboxylic acids is 1. The Morgan fingerprint density at radius 3 is 2.53 bits per heavy atom. The summed E-state index contributed by atoms with van der Waals surface area (Å²) in [5.74, 6) is 2.36. The second-order valence-electron chi connectivity index (χ2n) is 6.89. The third-order valence-electron chi connectivity index (χ3n) is 4.91. The number of rotatable bonds is 6. The SMILES string of the molecule is COc1ccccc1NC(=O)N1CCSC1c1ccc(OCc2ccccc2)cc1. The number of methoxy groups -OCH3 is 1. The molecule has 0 saturated carbocycles. The molecule has 1 aliphatic rings. The number of thioether (sulfide) groups is 1. The lowest BCUT2D eigenvalue weighted by molar-refractivity contribution is 0.214. The average Bonchev–Trinajstić information content (AvgIpc) is 3.29. The van der Waals surface area contributed by atoms with Crippen LogP contribution >= 0.6 is 11.8 Å². The summed E-state index contributed by atoms with van der Waals surface area (Å²) in [4.78, 5) is 14.8. The number of hydrogen-bond acceptors (Lipinski definition) is 4. The fourth-order valence-electron chi connectivity index (χ4n) is 3.36. The molecule has 5 nitrogen and oxygen atoms in total. The van der Waals surface area contributed by atoms with Crippen molar-refractivity contribution in [1.29, 1.82) is 0 Å². The largest absolute Gasteiger partial charge is 0.495 e. The van der Waals surface area contributed by atoms with Gasteiger partial charge in [0.1, 0.15) is 23.5 Å². The van der Waals surface area contributed by atoms with Gasteiger partial charge in [0.05, 0.1) is 12.8 Å². The molecule has 4 rings (SSSR count). The maximum atomic E-state index is 12.9. The van der Waals surface area contributed by atoms with E-state index in [9.17, 15) is 4.79 Å². The molecule has 0 bridgehead atoms. The Balaban J connectivity index is 1.41. The lowest BCUT2D eigenvalue weighted by Crippen LogP contribution is -2.34. The third kappa shape index (κ3) is 4.71. The van der Waals surface area contributed by atoms with Crippen molar-refractivity contribution in [2.24, 2.45) is 0 Å². The highest BCUT2D eigenvalue weighted by atomic mass is 32.2. The number of nitrogens with one attached hydrogen (secondary N) is 1. The van der Waals surface area contributed by atoms with Gasteiger partial charge in [0.25, 0.3) is 0 Å². The van der Waals surface area contributed by atoms with Crippen molar-refractivity contribution in [2.45, 2.75) is 12.0 Å². The number of carbonyl (C=O) groups is 1. The van der Waals surface area contributed by atoms with Crippen LogP contribution in [0.25, 0.3) is 0 Å². The van der Waals surface area contributed by atoms with Crippen LogP contribution in [-0.2, 0) is 6.61 Å². The van der Waals surface area contributed by atoms with Crippen LogP contribution in [0.3, 0.4) is 0 Å². The fraction of sp³-hybridized carbons (Fsp3) is 0.208. The van der Waals surface area contributed by atoms with Gasteiger partial charge < -0.3 is 19.7 Å². The maximum absolute atomic E-state index is 12.9. The van der Waals surface area contributed by atoms with Crippen LogP contribution < -0.4 is 14.8 Å². The highest BCUT2D eigenvalue weighted by Gasteiger charge is 2.31. The first-order valence-corrected chi connectivity index (χ1v) is 10.9. The van der Waals surface area contributed by atoms with Gasteiger partial charge in [-0.15, -0.1) is 11.8 Å². The zero-order chi connectivity index (χ0) is 20.8. The minimum absolute atomic E-state index is 0.0251. The number of hydrogen-bond donors (Lipinski definition) is 1. The van der Waals surface area contributed by atoms with Crippen LogP contribution in [0.15, 0.2) is 78.9 Å². The van der Waals surface area contributed by atoms with Crippen LogP contribution in [0, 0.1) is 0 Å². The van der Waals surface area contributed by atoms with Crippen molar-refractivity contribution >= 4 is 23.5 Å². The van der Waals surface area contributed by atoms with Crippen molar-refractivity contribution in [2.75, 3.05) is 24.7 Å². The van der Waals surface area contributed by atoms with E-state index in [0.29, 0.717) is 24.6 Å². The summed E-state index contributed by atoms with van der Waals surface area (Å²) in [7, 11) is 1.60. The molecule has 1 aliphatic heterocycles. The van der Waals surface area contributed by atoms with Gasteiger partial charge in [-0.25, -0.2) is 4.79 Å². The molecule has 1 atom stereocenters. The van der Waals surface area contributed by atoms with E-state index in [-0.39, 0.29) is 11.4 Å². The van der Waals surface area contributed by atoms with Crippen LogP contribution in [0.5, 0.6) is 11.5 Å². The second kappa shape index (κ2) is 9.59. The Labute approximate surface area is 181 Å². The molecule has 0 radical (unpaired) electrons. The highest BCUT2D eigenvalue weighted by molar-refractivity contribution is 7.99. The molecule has 0 aliphatic carbocycles. The quantitative estimate of drug-likeness (QED) is 0.568. The molecule has 154 valence electrons. The number of anilines is 1. The fourth-order valence-corrected chi connectivity index (χ4v) is 4.61. The highest BCUT2D eigenvalue weighted by Crippen LogP contribution is 2.39. The van der Waals surface area contributed by atoms with Crippen LogP contribution in [0.2, 0.25) is 0 Å². The van der Waals surface area contributed by atoms with Crippen molar-refractivity contribution < 1.29 is 14.3 Å². The van der Waals surface area contributed by atoms with Crippen molar-refractivity contribution in [3.05, 3.63) is 90.0 Å². The third-order valence-corrected chi connectivity index (χ3v) is 6.17. The van der Waals surface area contributed by atoms with Gasteiger partial charge in [0.2, 0.25) is 0 Å². The van der Waals surface area contributed by atoms with E-state index in [1.54, 1.807) is 18.9 Å². The van der Waals surface area contributed by atoms with Gasteiger partial charge in [0, 0.05) is 12.3 Å². The number of para-hydroxylation sites is 2. The number of urea groups is 1. The summed E-state index contributed by atoms with van der Waals surface area (Å²) >= 11 is 1.76. The molecule has 30 heavy (non-hydrogen) atoms. The summed E-state index contributed by atoms with van der Waals surface area (Å²) in [6.07, 6.45) is 0. The van der Waals surface area contributed by atoms with Gasteiger partial charge in [-0.1, -0.05) is 54.6 Å². The van der Waals surface area contributed by atoms with E-state index < -0.39 is 0 Å². The van der Waals surface area contributed by atoms with E-state index in [0.717, 1.165) is 22.6 Å². The zero-order valence-corrected chi connectivity index (χ0v) is 17.6. The molecular weight excluding hydrogens is 396 g/mol. The second-order valence-corrected chi connectivity index (χ2v) is 8.08. The molecule has 6 heteroatoms. The van der Waals surface area contributed by atoms with E-state index in [2.05, 4.69) is 5.32 Å². The van der Waals surface area contributed by atoms with E-state index in [4.69, 9.17) is 9.47 Å². The molecule has 0 aromatic heterocycles. The zero-order valence-electron chi connectivity index (χ0n) is 16.8. The first-order valence-electron chi connectivity index (χ1n) is 9.83. The Kier molecular flexibility index (Phi) is 6.44. The van der Waals surface area contributed by atoms with E-state index in [1.165, 1.54) is 0 Å². The van der Waals surface area contributed by atoms with Crippen molar-refractivity contribution in [1.82, 2.24) is 4.90 Å². The minimum Gasteiger partial charge on any atom is -0.495 e. The molecule has 1 unspecified atom stereocenters. The van der Waals surface area contributed by atoms with Gasteiger partial charge in [-0.2, -0.15) is 0 Å². The summed E-state index contributed by atoms with van der Waals surface area (Å²) in [6.45, 7) is 1.23. The molecule has 2 amide bonds. The van der Waals surface area contributed by atoms with Gasteiger partial charge in [0.15, 0.2) is 0 Å². The number of amides is 2. The first kappa shape index (κ1) is 20.2. The lowest BCUT2D eigenvalue weighted by Gasteiger charge is -2.25. The Hall–Kier alpha value is -3.12. The van der Waals surface area contributed by atoms with Crippen LogP contribution in [0.4, 0.5) is 10.5 Å². The molecule has 3 aromatic rings. The summed E-state index contributed by atoms with van der Waals surface area (Å²) in [5.41, 5.74) is 2.89. The molecule has 1 heterocycles. The lowest BCUT2D eigenvalue weighted by atomic mass is 10.2. The average molecular weight is 421 g/mol. The Bertz CT molecular complexity index is 979. The smallest absolute Gasteiger partial charge is 0.323 e. The van der Waals surface area contributed by atoms with E-state index in [1.807, 2.05) is 83.8 Å². The maximum Gasteiger partial charge on any atom is 0.323 e. The summed E-state index contributed by atoms with van der Waals surface area (Å²) in [5, 5.41) is 2.95. The van der Waals surface area contributed by atoms with Crippen molar-refractivity contribution in [3.63, 3.8) is 0 Å². The first-order chi connectivity index (χ1) is 14.7. The number of nitrogens with zero attached hydrogens (tertiary/aromatic N) is 1. The summed E-state index contributed by atoms with van der Waals surface area (Å²) in [6, 6.07) is 25.4. The molecule has 3 aromatic carbocycles. The molecule has 1 N–H and O–H groups in total. The van der Waals surface area contributed by atoms with Crippen LogP contribution in [-0.4, -0.2) is 30.3 Å². The Morgan fingerprint density at radius 1 is 1.03 bits per heavy atom. The van der Waals surface area contributed by atoms with Crippen molar-refractivity contribution in [3.8, 4) is 11.5 Å². The van der Waals surface area contributed by atoms with E-state index >= 15 is 0 Å². The van der Waals surface area contributed by atoms with Gasteiger partial charge in [-0.05, 0) is 35.4 Å². The molecule has 1 fully saturated rings. The predicted octanol–water partition coefficient (Wildman–Crippen LogP) is 5.55. The number of benzene rings is 3. The predicted molar refractivity (Wildman–Crippen MR) is 121 cm³/mol. The molecule has 1 saturated heterocycles. The number of ether oxygens (including phenoxy) is 2. The topological polar surface area (TPSA) is 50.8 Å². The standard InChI is InChI=1S/C24H24N2O3S/c1-28-22-10-6-5-9-21(22)25-24(27)26-15-16-30-23(26)19-11-13-20(14-12-19)29-17-18-7-3-2-4-8-18/h2-14,23H,15-17H2,1H3,(H,25,27).